The van der Waals surface area contributed by atoms with Gasteiger partial charge in [-0.3, -0.25) is 9.69 Å². The van der Waals surface area contributed by atoms with Crippen LogP contribution >= 0.6 is 0 Å². The Bertz CT molecular complexity index is 1340. The van der Waals surface area contributed by atoms with E-state index in [1.807, 2.05) is 55.5 Å². The lowest BCUT2D eigenvalue weighted by atomic mass is 9.90. The Morgan fingerprint density at radius 2 is 1.64 bits per heavy atom. The first-order valence-corrected chi connectivity index (χ1v) is 13.7. The predicted molar refractivity (Wildman–Crippen MR) is 151 cm³/mol. The molecular formula is C33H36N2O4. The normalized spacial score (nSPS) is 17.3. The second-order valence-corrected chi connectivity index (χ2v) is 10.2. The Kier molecular flexibility index (Phi) is 8.74. The lowest BCUT2D eigenvalue weighted by molar-refractivity contribution is -0.146. The molecule has 0 saturated carbocycles. The van der Waals surface area contributed by atoms with Crippen LogP contribution in [0.3, 0.4) is 0 Å². The van der Waals surface area contributed by atoms with Gasteiger partial charge in [-0.05, 0) is 61.1 Å². The van der Waals surface area contributed by atoms with E-state index in [0.29, 0.717) is 18.9 Å². The molecule has 1 saturated heterocycles. The maximum Gasteiger partial charge on any atom is 0.310 e. The molecule has 1 aliphatic heterocycles. The minimum atomic E-state index is -0.0995. The molecule has 2 atom stereocenters. The molecule has 0 bridgehead atoms. The molecule has 2 heterocycles. The molecule has 0 spiro atoms. The molecule has 6 nitrogen and oxygen atoms in total. The summed E-state index contributed by atoms with van der Waals surface area (Å²) in [5, 5.41) is 0. The zero-order chi connectivity index (χ0) is 27.0. The first-order chi connectivity index (χ1) is 19.1. The van der Waals surface area contributed by atoms with Gasteiger partial charge in [0.25, 0.3) is 0 Å². The van der Waals surface area contributed by atoms with Crippen LogP contribution in [0.15, 0.2) is 89.3 Å². The second kappa shape index (κ2) is 12.8. The van der Waals surface area contributed by atoms with E-state index in [2.05, 4.69) is 46.3 Å². The minimum Gasteiger partial charge on any atom is -0.493 e. The van der Waals surface area contributed by atoms with E-state index in [9.17, 15) is 4.79 Å². The molecule has 0 radical (unpaired) electrons. The van der Waals surface area contributed by atoms with Gasteiger partial charge in [0.05, 0.1) is 25.3 Å². The lowest BCUT2D eigenvalue weighted by Crippen LogP contribution is -2.25. The summed E-state index contributed by atoms with van der Waals surface area (Å²) in [6, 6.07) is 28.6. The number of aryl methyl sites for hydroxylation is 2. The number of ether oxygens (including phenoxy) is 2. The fourth-order valence-corrected chi connectivity index (χ4v) is 5.38. The van der Waals surface area contributed by atoms with Gasteiger partial charge >= 0.3 is 5.97 Å². The molecule has 1 aliphatic rings. The molecule has 202 valence electrons. The molecule has 1 aromatic heterocycles. The summed E-state index contributed by atoms with van der Waals surface area (Å²) in [5.74, 6) is 2.41. The molecular weight excluding hydrogens is 488 g/mol. The van der Waals surface area contributed by atoms with Crippen molar-refractivity contribution in [2.75, 3.05) is 26.8 Å². The number of rotatable bonds is 11. The molecule has 0 amide bonds. The van der Waals surface area contributed by atoms with Crippen molar-refractivity contribution in [3.8, 4) is 17.2 Å². The van der Waals surface area contributed by atoms with E-state index in [0.717, 1.165) is 55.2 Å². The van der Waals surface area contributed by atoms with Crippen LogP contribution < -0.4 is 4.74 Å². The molecule has 1 fully saturated rings. The standard InChI is InChI=1S/C33H36N2O4/c1-24-31(34-32(39-24)27-11-7-4-8-12-27)19-20-38-29-17-14-25(15-18-29)13-16-28-22-35(23-30(28)33(36)37-2)21-26-9-5-3-6-10-26/h3-12,14-15,17-18,28,30H,13,16,19-23H2,1-2H3/t28-,30+/m1/s1. The van der Waals surface area contributed by atoms with Gasteiger partial charge in [-0.25, -0.2) is 4.98 Å². The number of oxazole rings is 1. The third-order valence-electron chi connectivity index (χ3n) is 7.52. The molecule has 0 aliphatic carbocycles. The smallest absolute Gasteiger partial charge is 0.310 e. The van der Waals surface area contributed by atoms with E-state index < -0.39 is 0 Å². The largest absolute Gasteiger partial charge is 0.493 e. The number of hydrogen-bond donors (Lipinski definition) is 0. The summed E-state index contributed by atoms with van der Waals surface area (Å²) in [5.41, 5.74) is 4.41. The van der Waals surface area contributed by atoms with Crippen LogP contribution in [0.25, 0.3) is 11.5 Å². The fraction of sp³-hybridized carbons (Fsp3) is 0.333. The average molecular weight is 525 g/mol. The zero-order valence-corrected chi connectivity index (χ0v) is 22.7. The van der Waals surface area contributed by atoms with Crippen LogP contribution in [0.2, 0.25) is 0 Å². The second-order valence-electron chi connectivity index (χ2n) is 10.2. The van der Waals surface area contributed by atoms with Crippen molar-refractivity contribution in [1.29, 1.82) is 0 Å². The van der Waals surface area contributed by atoms with E-state index in [1.54, 1.807) is 0 Å². The van der Waals surface area contributed by atoms with Crippen molar-refractivity contribution in [2.45, 2.75) is 32.7 Å². The number of aromatic nitrogens is 1. The quantitative estimate of drug-likeness (QED) is 0.220. The lowest BCUT2D eigenvalue weighted by Gasteiger charge is -2.16. The fourth-order valence-electron chi connectivity index (χ4n) is 5.38. The van der Waals surface area contributed by atoms with Crippen molar-refractivity contribution >= 4 is 5.97 Å². The van der Waals surface area contributed by atoms with E-state index in [-0.39, 0.29) is 17.8 Å². The van der Waals surface area contributed by atoms with Crippen LogP contribution in [-0.2, 0) is 28.9 Å². The summed E-state index contributed by atoms with van der Waals surface area (Å²) in [4.78, 5) is 19.5. The third kappa shape index (κ3) is 6.95. The topological polar surface area (TPSA) is 64.8 Å². The Morgan fingerprint density at radius 3 is 2.36 bits per heavy atom. The molecule has 0 N–H and O–H groups in total. The molecule has 4 aromatic rings. The van der Waals surface area contributed by atoms with Crippen LogP contribution in [0.4, 0.5) is 0 Å². The van der Waals surface area contributed by atoms with Gasteiger partial charge in [-0.15, -0.1) is 0 Å². The maximum absolute atomic E-state index is 12.5. The van der Waals surface area contributed by atoms with E-state index in [1.165, 1.54) is 18.2 Å². The highest BCUT2D eigenvalue weighted by atomic mass is 16.5. The highest BCUT2D eigenvalue weighted by Gasteiger charge is 2.37. The Labute approximate surface area is 230 Å². The summed E-state index contributed by atoms with van der Waals surface area (Å²) in [6.07, 6.45) is 2.54. The van der Waals surface area contributed by atoms with E-state index in [4.69, 9.17) is 13.9 Å². The van der Waals surface area contributed by atoms with Gasteiger partial charge in [0, 0.05) is 31.6 Å². The zero-order valence-electron chi connectivity index (χ0n) is 22.7. The van der Waals surface area contributed by atoms with E-state index >= 15 is 0 Å². The number of carbonyl (C=O) groups is 1. The SMILES string of the molecule is COC(=O)[C@H]1CN(Cc2ccccc2)C[C@H]1CCc1ccc(OCCc2nc(-c3ccccc3)oc2C)cc1. The van der Waals surface area contributed by atoms with Gasteiger partial charge in [-0.2, -0.15) is 0 Å². The molecule has 5 rings (SSSR count). The van der Waals surface area contributed by atoms with Gasteiger partial charge in [0.15, 0.2) is 0 Å². The summed E-state index contributed by atoms with van der Waals surface area (Å²) < 4.78 is 17.0. The van der Waals surface area contributed by atoms with Crippen molar-refractivity contribution in [3.05, 3.63) is 108 Å². The van der Waals surface area contributed by atoms with Crippen molar-refractivity contribution in [3.63, 3.8) is 0 Å². The number of likely N-dealkylation sites (tertiary alicyclic amines) is 1. The van der Waals surface area contributed by atoms with Crippen LogP contribution in [-0.4, -0.2) is 42.7 Å². The number of hydrogen-bond acceptors (Lipinski definition) is 6. The first-order valence-electron chi connectivity index (χ1n) is 13.7. The average Bonchev–Trinajstić information content (AvgIpc) is 3.56. The number of nitrogens with zero attached hydrogens (tertiary/aromatic N) is 2. The number of benzene rings is 3. The van der Waals surface area contributed by atoms with Gasteiger partial charge in [0.2, 0.25) is 5.89 Å². The highest BCUT2D eigenvalue weighted by Crippen LogP contribution is 2.30. The third-order valence-corrected chi connectivity index (χ3v) is 7.52. The Balaban J connectivity index is 1.11. The minimum absolute atomic E-state index is 0.0799. The van der Waals surface area contributed by atoms with Gasteiger partial charge in [0.1, 0.15) is 11.5 Å². The highest BCUT2D eigenvalue weighted by molar-refractivity contribution is 5.73. The predicted octanol–water partition coefficient (Wildman–Crippen LogP) is 6.13. The van der Waals surface area contributed by atoms with Crippen molar-refractivity contribution in [2.24, 2.45) is 11.8 Å². The van der Waals surface area contributed by atoms with Crippen molar-refractivity contribution < 1.29 is 18.7 Å². The summed E-state index contributed by atoms with van der Waals surface area (Å²) in [7, 11) is 1.49. The molecule has 3 aromatic carbocycles. The summed E-state index contributed by atoms with van der Waals surface area (Å²) in [6.45, 7) is 4.99. The molecule has 6 heteroatoms. The number of carbonyl (C=O) groups excluding carboxylic acids is 1. The van der Waals surface area contributed by atoms with Gasteiger partial charge < -0.3 is 13.9 Å². The van der Waals surface area contributed by atoms with Crippen LogP contribution in [0, 0.1) is 18.8 Å². The Morgan fingerprint density at radius 1 is 0.923 bits per heavy atom. The van der Waals surface area contributed by atoms with Crippen LogP contribution in [0.5, 0.6) is 5.75 Å². The van der Waals surface area contributed by atoms with Crippen LogP contribution in [0.1, 0.15) is 29.0 Å². The summed E-state index contributed by atoms with van der Waals surface area (Å²) >= 11 is 0. The monoisotopic (exact) mass is 524 g/mol. The molecule has 0 unspecified atom stereocenters. The number of esters is 1. The molecule has 39 heavy (non-hydrogen) atoms. The van der Waals surface area contributed by atoms with Crippen molar-refractivity contribution in [1.82, 2.24) is 9.88 Å². The Hall–Kier alpha value is -3.90. The maximum atomic E-state index is 12.5. The number of methoxy groups -OCH3 is 1. The van der Waals surface area contributed by atoms with Gasteiger partial charge in [-0.1, -0.05) is 60.7 Å². The first kappa shape index (κ1) is 26.7.